The van der Waals surface area contributed by atoms with Crippen LogP contribution in [0.2, 0.25) is 0 Å². The Morgan fingerprint density at radius 2 is 1.86 bits per heavy atom. The van der Waals surface area contributed by atoms with Crippen LogP contribution in [0, 0.1) is 13.8 Å². The minimum atomic E-state index is -0.612. The van der Waals surface area contributed by atoms with E-state index in [0.717, 1.165) is 10.9 Å². The first-order valence-corrected chi connectivity index (χ1v) is 9.37. The summed E-state index contributed by atoms with van der Waals surface area (Å²) in [4.78, 5) is 28.8. The summed E-state index contributed by atoms with van der Waals surface area (Å²) in [6, 6.07) is 11.6. The van der Waals surface area contributed by atoms with Gasteiger partial charge in [-0.15, -0.1) is 0 Å². The fraction of sp³-hybridized carbons (Fsp3) is 0.286. The van der Waals surface area contributed by atoms with Crippen LogP contribution < -0.4 is 10.2 Å². The summed E-state index contributed by atoms with van der Waals surface area (Å²) in [5.41, 5.74) is 5.10. The van der Waals surface area contributed by atoms with Gasteiger partial charge in [-0.1, -0.05) is 12.1 Å². The number of aryl methyl sites for hydroxylation is 1. The van der Waals surface area contributed by atoms with Crippen LogP contribution in [0.3, 0.4) is 0 Å². The maximum atomic E-state index is 12.6. The number of benzene rings is 2. The first-order valence-electron chi connectivity index (χ1n) is 9.37. The van der Waals surface area contributed by atoms with Gasteiger partial charge in [0.25, 0.3) is 0 Å². The van der Waals surface area contributed by atoms with E-state index >= 15 is 0 Å². The highest BCUT2D eigenvalue weighted by atomic mass is 16.2. The molecule has 2 heterocycles. The number of amides is 2. The number of nitrogens with zero attached hydrogens (tertiary/aromatic N) is 3. The third kappa shape index (κ3) is 3.43. The van der Waals surface area contributed by atoms with Crippen molar-refractivity contribution < 1.29 is 9.59 Å². The molecule has 28 heavy (non-hydrogen) atoms. The molecule has 1 aliphatic heterocycles. The van der Waals surface area contributed by atoms with Crippen molar-refractivity contribution in [1.29, 1.82) is 0 Å². The second-order valence-electron chi connectivity index (χ2n) is 7.12. The van der Waals surface area contributed by atoms with Crippen LogP contribution in [-0.2, 0) is 9.59 Å². The van der Waals surface area contributed by atoms with Crippen LogP contribution in [0.15, 0.2) is 42.6 Å². The molecule has 0 spiro atoms. The zero-order chi connectivity index (χ0) is 19.7. The van der Waals surface area contributed by atoms with Crippen molar-refractivity contribution in [3.05, 3.63) is 53.7 Å². The van der Waals surface area contributed by atoms with Crippen molar-refractivity contribution in [2.24, 2.45) is 0 Å². The number of nitrogens with one attached hydrogen (secondary N) is 2. The van der Waals surface area contributed by atoms with E-state index in [1.807, 2.05) is 6.07 Å². The van der Waals surface area contributed by atoms with Crippen LogP contribution in [-0.4, -0.2) is 53.1 Å². The Kier molecular flexibility index (Phi) is 4.73. The molecule has 1 fully saturated rings. The van der Waals surface area contributed by atoms with E-state index in [1.54, 1.807) is 23.2 Å². The van der Waals surface area contributed by atoms with Crippen LogP contribution in [0.4, 0.5) is 11.4 Å². The Morgan fingerprint density at radius 3 is 2.64 bits per heavy atom. The molecule has 4 rings (SSSR count). The van der Waals surface area contributed by atoms with Crippen LogP contribution >= 0.6 is 0 Å². The Labute approximate surface area is 163 Å². The van der Waals surface area contributed by atoms with E-state index in [-0.39, 0.29) is 0 Å². The zero-order valence-corrected chi connectivity index (χ0v) is 16.0. The van der Waals surface area contributed by atoms with Crippen LogP contribution in [0.1, 0.15) is 11.1 Å². The van der Waals surface area contributed by atoms with E-state index in [2.05, 4.69) is 52.5 Å². The van der Waals surface area contributed by atoms with Crippen molar-refractivity contribution in [1.82, 2.24) is 15.1 Å². The summed E-state index contributed by atoms with van der Waals surface area (Å²) >= 11 is 0. The molecule has 1 saturated heterocycles. The molecule has 2 amide bonds. The molecule has 0 aliphatic carbocycles. The highest BCUT2D eigenvalue weighted by Gasteiger charge is 2.26. The van der Waals surface area contributed by atoms with Crippen molar-refractivity contribution in [3.8, 4) is 0 Å². The fourth-order valence-electron chi connectivity index (χ4n) is 3.57. The molecule has 0 atom stereocenters. The minimum Gasteiger partial charge on any atom is -0.368 e. The zero-order valence-electron chi connectivity index (χ0n) is 16.0. The first-order chi connectivity index (χ1) is 13.5. The lowest BCUT2D eigenvalue weighted by molar-refractivity contribution is -0.143. The van der Waals surface area contributed by atoms with Crippen molar-refractivity contribution in [2.75, 3.05) is 36.4 Å². The summed E-state index contributed by atoms with van der Waals surface area (Å²) in [6.07, 6.45) is 1.71. The lowest BCUT2D eigenvalue weighted by Crippen LogP contribution is -2.51. The molecule has 0 radical (unpaired) electrons. The van der Waals surface area contributed by atoms with Gasteiger partial charge in [0.05, 0.1) is 11.7 Å². The van der Waals surface area contributed by atoms with E-state index in [9.17, 15) is 9.59 Å². The molecule has 7 heteroatoms. The Bertz CT molecular complexity index is 1030. The molecule has 2 N–H and O–H groups in total. The second kappa shape index (κ2) is 7.34. The highest BCUT2D eigenvalue weighted by molar-refractivity contribution is 6.39. The monoisotopic (exact) mass is 377 g/mol. The Morgan fingerprint density at radius 1 is 1.07 bits per heavy atom. The molecule has 0 bridgehead atoms. The fourth-order valence-corrected chi connectivity index (χ4v) is 3.57. The van der Waals surface area contributed by atoms with Gasteiger partial charge in [0.1, 0.15) is 0 Å². The maximum Gasteiger partial charge on any atom is 0.313 e. The van der Waals surface area contributed by atoms with Crippen molar-refractivity contribution in [2.45, 2.75) is 13.8 Å². The van der Waals surface area contributed by atoms with Gasteiger partial charge in [-0.3, -0.25) is 14.7 Å². The molecule has 3 aromatic rings. The average Bonchev–Trinajstić information content (AvgIpc) is 3.17. The van der Waals surface area contributed by atoms with Gasteiger partial charge in [-0.2, -0.15) is 5.10 Å². The van der Waals surface area contributed by atoms with E-state index < -0.39 is 11.8 Å². The normalized spacial score (nSPS) is 14.4. The minimum absolute atomic E-state index is 0.495. The lowest BCUT2D eigenvalue weighted by Gasteiger charge is -2.36. The smallest absolute Gasteiger partial charge is 0.313 e. The second-order valence-corrected chi connectivity index (χ2v) is 7.12. The van der Waals surface area contributed by atoms with Gasteiger partial charge in [0, 0.05) is 42.9 Å². The maximum absolute atomic E-state index is 12.6. The molecule has 1 aliphatic rings. The topological polar surface area (TPSA) is 81.3 Å². The number of rotatable bonds is 2. The number of aromatic amines is 1. The highest BCUT2D eigenvalue weighted by Crippen LogP contribution is 2.24. The molecule has 7 nitrogen and oxygen atoms in total. The Balaban J connectivity index is 1.37. The predicted molar refractivity (Wildman–Crippen MR) is 109 cm³/mol. The standard InChI is InChI=1S/C21H23N5O2/c1-14-4-3-5-19(15(14)2)25-8-10-26(11-9-25)21(28)20(27)23-17-7-6-16-13-22-24-18(16)12-17/h3-7,12-13H,8-11H2,1-2H3,(H,22,24)(H,23,27). The van der Waals surface area contributed by atoms with E-state index in [0.29, 0.717) is 31.9 Å². The summed E-state index contributed by atoms with van der Waals surface area (Å²) in [5.74, 6) is -1.11. The summed E-state index contributed by atoms with van der Waals surface area (Å²) in [7, 11) is 0. The molecule has 0 saturated carbocycles. The van der Waals surface area contributed by atoms with Crippen molar-refractivity contribution in [3.63, 3.8) is 0 Å². The number of aromatic nitrogens is 2. The molecule has 0 unspecified atom stereocenters. The number of hydrogen-bond acceptors (Lipinski definition) is 4. The number of carbonyl (C=O) groups excluding carboxylic acids is 2. The SMILES string of the molecule is Cc1cccc(N2CCN(C(=O)C(=O)Nc3ccc4cn[nH]c4c3)CC2)c1C. The summed E-state index contributed by atoms with van der Waals surface area (Å²) < 4.78 is 0. The number of H-pyrrole nitrogens is 1. The molecule has 144 valence electrons. The first kappa shape index (κ1) is 18.0. The number of anilines is 2. The number of piperazine rings is 1. The number of fused-ring (bicyclic) bond motifs is 1. The third-order valence-electron chi connectivity index (χ3n) is 5.38. The number of carbonyl (C=O) groups is 2. The molecular weight excluding hydrogens is 354 g/mol. The lowest BCUT2D eigenvalue weighted by atomic mass is 10.1. The quantitative estimate of drug-likeness (QED) is 0.672. The van der Waals surface area contributed by atoms with E-state index in [4.69, 9.17) is 0 Å². The van der Waals surface area contributed by atoms with Gasteiger partial charge in [-0.05, 0) is 49.2 Å². The Hall–Kier alpha value is -3.35. The van der Waals surface area contributed by atoms with Crippen molar-refractivity contribution >= 4 is 34.1 Å². The third-order valence-corrected chi connectivity index (χ3v) is 5.38. The van der Waals surface area contributed by atoms with Gasteiger partial charge < -0.3 is 15.1 Å². The molecule has 1 aromatic heterocycles. The number of hydrogen-bond donors (Lipinski definition) is 2. The van der Waals surface area contributed by atoms with E-state index in [1.165, 1.54) is 16.8 Å². The van der Waals surface area contributed by atoms with Gasteiger partial charge in [0.15, 0.2) is 0 Å². The van der Waals surface area contributed by atoms with Gasteiger partial charge in [0.2, 0.25) is 0 Å². The molecule has 2 aromatic carbocycles. The molecular formula is C21H23N5O2. The van der Waals surface area contributed by atoms with Gasteiger partial charge in [-0.25, -0.2) is 0 Å². The average molecular weight is 377 g/mol. The van der Waals surface area contributed by atoms with Crippen LogP contribution in [0.25, 0.3) is 10.9 Å². The van der Waals surface area contributed by atoms with Gasteiger partial charge >= 0.3 is 11.8 Å². The summed E-state index contributed by atoms with van der Waals surface area (Å²) in [6.45, 7) is 6.70. The largest absolute Gasteiger partial charge is 0.368 e. The predicted octanol–water partition coefficient (Wildman–Crippen LogP) is 2.47. The summed E-state index contributed by atoms with van der Waals surface area (Å²) in [5, 5.41) is 10.4. The van der Waals surface area contributed by atoms with Crippen LogP contribution in [0.5, 0.6) is 0 Å².